The minimum atomic E-state index is -0.841. The van der Waals surface area contributed by atoms with E-state index in [1.54, 1.807) is 6.92 Å². The van der Waals surface area contributed by atoms with E-state index in [-0.39, 0.29) is 18.9 Å². The molecule has 1 unspecified atom stereocenters. The van der Waals surface area contributed by atoms with Crippen molar-refractivity contribution in [3.63, 3.8) is 0 Å². The van der Waals surface area contributed by atoms with Crippen LogP contribution in [0.4, 0.5) is 0 Å². The van der Waals surface area contributed by atoms with Gasteiger partial charge in [-0.3, -0.25) is 4.79 Å². The Kier molecular flexibility index (Phi) is 5.83. The molecule has 1 rings (SSSR count). The molecule has 1 aromatic rings. The summed E-state index contributed by atoms with van der Waals surface area (Å²) in [4.78, 5) is 11.6. The van der Waals surface area contributed by atoms with Gasteiger partial charge >= 0.3 is 0 Å². The molecule has 4 heteroatoms. The van der Waals surface area contributed by atoms with Gasteiger partial charge in [0.2, 0.25) is 5.91 Å². The van der Waals surface area contributed by atoms with Gasteiger partial charge in [0.05, 0.1) is 18.6 Å². The highest BCUT2D eigenvalue weighted by Gasteiger charge is 2.18. The van der Waals surface area contributed by atoms with Crippen molar-refractivity contribution in [2.24, 2.45) is 0 Å². The number of rotatable bonds is 7. The summed E-state index contributed by atoms with van der Waals surface area (Å²) < 4.78 is 5.54. The van der Waals surface area contributed by atoms with Crippen molar-refractivity contribution in [3.05, 3.63) is 29.8 Å². The van der Waals surface area contributed by atoms with Gasteiger partial charge in [-0.1, -0.05) is 25.1 Å². The van der Waals surface area contributed by atoms with Crippen LogP contribution in [0.1, 0.15) is 32.3 Å². The lowest BCUT2D eigenvalue weighted by Gasteiger charge is -2.21. The number of carbonyl (C=O) groups is 1. The minimum absolute atomic E-state index is 0.109. The first-order valence-electron chi connectivity index (χ1n) is 6.62. The first-order chi connectivity index (χ1) is 8.94. The maximum atomic E-state index is 11.6. The molecule has 0 aliphatic carbocycles. The number of amides is 1. The van der Waals surface area contributed by atoms with E-state index in [1.165, 1.54) is 0 Å². The summed E-state index contributed by atoms with van der Waals surface area (Å²) in [5.41, 5.74) is 0.212. The van der Waals surface area contributed by atoms with Gasteiger partial charge in [0.25, 0.3) is 0 Å². The maximum Gasteiger partial charge on any atom is 0.223 e. The number of aliphatic hydroxyl groups is 1. The second-order valence-corrected chi connectivity index (χ2v) is 4.99. The van der Waals surface area contributed by atoms with E-state index < -0.39 is 5.60 Å². The van der Waals surface area contributed by atoms with Crippen LogP contribution in [-0.4, -0.2) is 29.8 Å². The molecule has 0 aliphatic heterocycles. The van der Waals surface area contributed by atoms with Crippen molar-refractivity contribution in [1.29, 1.82) is 0 Å². The van der Waals surface area contributed by atoms with Crippen LogP contribution in [-0.2, 0) is 4.79 Å². The Morgan fingerprint density at radius 2 is 2.11 bits per heavy atom. The second kappa shape index (κ2) is 7.14. The summed E-state index contributed by atoms with van der Waals surface area (Å²) in [5, 5.41) is 12.5. The maximum absolute atomic E-state index is 11.6. The molecule has 19 heavy (non-hydrogen) atoms. The molecule has 1 atom stereocenters. The zero-order valence-corrected chi connectivity index (χ0v) is 11.9. The van der Waals surface area contributed by atoms with E-state index >= 15 is 0 Å². The van der Waals surface area contributed by atoms with Crippen LogP contribution in [0.2, 0.25) is 0 Å². The summed E-state index contributed by atoms with van der Waals surface area (Å²) in [6.45, 7) is 6.16. The Morgan fingerprint density at radius 3 is 2.74 bits per heavy atom. The highest BCUT2D eigenvalue weighted by Crippen LogP contribution is 2.16. The number of ether oxygens (including phenoxy) is 1. The predicted octanol–water partition coefficient (Wildman–Crippen LogP) is 2.04. The molecule has 1 amide bonds. The van der Waals surface area contributed by atoms with E-state index in [9.17, 15) is 9.90 Å². The Hall–Kier alpha value is -1.55. The Bertz CT molecular complexity index is 416. The Balaban J connectivity index is 2.26. The topological polar surface area (TPSA) is 58.6 Å². The molecule has 0 fully saturated rings. The first kappa shape index (κ1) is 15.5. The highest BCUT2D eigenvalue weighted by atomic mass is 16.5. The van der Waals surface area contributed by atoms with Crippen LogP contribution in [0.25, 0.3) is 0 Å². The summed E-state index contributed by atoms with van der Waals surface area (Å²) in [6, 6.07) is 7.70. The number of carbonyl (C=O) groups excluding carboxylic acids is 1. The van der Waals surface area contributed by atoms with E-state index in [0.717, 1.165) is 11.3 Å². The third-order valence-corrected chi connectivity index (χ3v) is 3.11. The summed E-state index contributed by atoms with van der Waals surface area (Å²) in [7, 11) is 0. The van der Waals surface area contributed by atoms with Gasteiger partial charge in [0.15, 0.2) is 0 Å². The smallest absolute Gasteiger partial charge is 0.223 e. The molecule has 0 saturated carbocycles. The van der Waals surface area contributed by atoms with Crippen molar-refractivity contribution in [2.75, 3.05) is 13.2 Å². The zero-order chi connectivity index (χ0) is 14.3. The lowest BCUT2D eigenvalue weighted by Crippen LogP contribution is -2.40. The summed E-state index contributed by atoms with van der Waals surface area (Å²) >= 11 is 0. The molecule has 106 valence electrons. The van der Waals surface area contributed by atoms with Crippen molar-refractivity contribution < 1.29 is 14.6 Å². The fourth-order valence-corrected chi connectivity index (χ4v) is 1.47. The molecule has 0 aromatic heterocycles. The molecule has 0 heterocycles. The van der Waals surface area contributed by atoms with E-state index in [4.69, 9.17) is 4.74 Å². The SMILES string of the molecule is CCC(C)(O)CNC(=O)CCOc1ccccc1C. The number of aryl methyl sites for hydroxylation is 1. The molecule has 0 radical (unpaired) electrons. The third kappa shape index (κ3) is 5.75. The van der Waals surface area contributed by atoms with Crippen molar-refractivity contribution in [3.8, 4) is 5.75 Å². The fourth-order valence-electron chi connectivity index (χ4n) is 1.47. The highest BCUT2D eigenvalue weighted by molar-refractivity contribution is 5.76. The molecule has 1 aromatic carbocycles. The Labute approximate surface area is 114 Å². The average Bonchev–Trinajstić information content (AvgIpc) is 2.39. The third-order valence-electron chi connectivity index (χ3n) is 3.11. The summed E-state index contributed by atoms with van der Waals surface area (Å²) in [6.07, 6.45) is 0.890. The van der Waals surface area contributed by atoms with Crippen LogP contribution in [0.5, 0.6) is 5.75 Å². The van der Waals surface area contributed by atoms with Crippen LogP contribution in [0, 0.1) is 6.92 Å². The van der Waals surface area contributed by atoms with Gasteiger partial charge in [-0.15, -0.1) is 0 Å². The van der Waals surface area contributed by atoms with E-state index in [1.807, 2.05) is 38.1 Å². The normalized spacial score (nSPS) is 13.7. The number of nitrogens with one attached hydrogen (secondary N) is 1. The lowest BCUT2D eigenvalue weighted by molar-refractivity contribution is -0.122. The average molecular weight is 265 g/mol. The van der Waals surface area contributed by atoms with Crippen LogP contribution in [0.3, 0.4) is 0 Å². The number of para-hydroxylation sites is 1. The lowest BCUT2D eigenvalue weighted by atomic mass is 10.0. The van der Waals surface area contributed by atoms with Gasteiger partial charge < -0.3 is 15.2 Å². The van der Waals surface area contributed by atoms with Crippen LogP contribution < -0.4 is 10.1 Å². The molecule has 4 nitrogen and oxygen atoms in total. The summed E-state index contributed by atoms with van der Waals surface area (Å²) in [5.74, 6) is 0.693. The van der Waals surface area contributed by atoms with Crippen molar-refractivity contribution in [1.82, 2.24) is 5.32 Å². The molecular weight excluding hydrogens is 242 g/mol. The molecule has 0 bridgehead atoms. The first-order valence-corrected chi connectivity index (χ1v) is 6.62. The quantitative estimate of drug-likeness (QED) is 0.793. The molecule has 0 spiro atoms. The van der Waals surface area contributed by atoms with E-state index in [0.29, 0.717) is 13.0 Å². The molecule has 2 N–H and O–H groups in total. The van der Waals surface area contributed by atoms with E-state index in [2.05, 4.69) is 5.32 Å². The Morgan fingerprint density at radius 1 is 1.42 bits per heavy atom. The van der Waals surface area contributed by atoms with Crippen LogP contribution >= 0.6 is 0 Å². The van der Waals surface area contributed by atoms with Crippen molar-refractivity contribution >= 4 is 5.91 Å². The standard InChI is InChI=1S/C15H23NO3/c1-4-15(3,18)11-16-14(17)9-10-19-13-8-6-5-7-12(13)2/h5-8,18H,4,9-11H2,1-3H3,(H,16,17). The van der Waals surface area contributed by atoms with Crippen molar-refractivity contribution in [2.45, 2.75) is 39.2 Å². The number of benzene rings is 1. The van der Waals surface area contributed by atoms with Gasteiger partial charge in [-0.2, -0.15) is 0 Å². The van der Waals surface area contributed by atoms with Gasteiger partial charge in [0, 0.05) is 6.54 Å². The molecule has 0 saturated heterocycles. The zero-order valence-electron chi connectivity index (χ0n) is 11.9. The van der Waals surface area contributed by atoms with Gasteiger partial charge in [0.1, 0.15) is 5.75 Å². The second-order valence-electron chi connectivity index (χ2n) is 4.99. The molecule has 0 aliphatic rings. The largest absolute Gasteiger partial charge is 0.493 e. The molecular formula is C15H23NO3. The monoisotopic (exact) mass is 265 g/mol. The number of hydrogen-bond donors (Lipinski definition) is 2. The van der Waals surface area contributed by atoms with Crippen LogP contribution in [0.15, 0.2) is 24.3 Å². The van der Waals surface area contributed by atoms with Gasteiger partial charge in [-0.05, 0) is 31.9 Å². The fraction of sp³-hybridized carbons (Fsp3) is 0.533. The minimum Gasteiger partial charge on any atom is -0.493 e. The predicted molar refractivity (Wildman–Crippen MR) is 75.2 cm³/mol. The number of hydrogen-bond acceptors (Lipinski definition) is 3. The van der Waals surface area contributed by atoms with Gasteiger partial charge in [-0.25, -0.2) is 0 Å².